The molecule has 0 saturated carbocycles. The molecule has 0 aliphatic rings. The van der Waals surface area contributed by atoms with Crippen molar-refractivity contribution in [3.8, 4) is 146 Å². The van der Waals surface area contributed by atoms with Crippen LogP contribution >= 0.6 is 0 Å². The molecule has 6 nitrogen and oxygen atoms in total. The van der Waals surface area contributed by atoms with Crippen molar-refractivity contribution in [2.24, 2.45) is 7.05 Å². The van der Waals surface area contributed by atoms with E-state index in [1.807, 2.05) is 0 Å². The van der Waals surface area contributed by atoms with Gasteiger partial charge in [-0.15, -0.1) is 106 Å². The third-order valence-corrected chi connectivity index (χ3v) is 28.4. The first-order valence-corrected chi connectivity index (χ1v) is 52.6. The van der Waals surface area contributed by atoms with Crippen molar-refractivity contribution in [1.29, 1.82) is 0 Å². The van der Waals surface area contributed by atoms with E-state index >= 15 is 0 Å². The molecule has 0 spiro atoms. The Bertz CT molecular complexity index is 7010. The van der Waals surface area contributed by atoms with Crippen LogP contribution < -0.4 is 0 Å². The summed E-state index contributed by atoms with van der Waals surface area (Å²) in [6.45, 7) is 58.6. The summed E-state index contributed by atoms with van der Waals surface area (Å²) < 4.78 is 6.73. The Kier molecular flexibility index (Phi) is 38.2. The van der Waals surface area contributed by atoms with Gasteiger partial charge in [-0.25, -0.2) is 0 Å². The number of imidazole rings is 3. The Balaban J connectivity index is 0.000000205. The van der Waals surface area contributed by atoms with Gasteiger partial charge < -0.3 is 13.7 Å². The van der Waals surface area contributed by atoms with E-state index in [0.29, 0.717) is 17.8 Å². The second-order valence-corrected chi connectivity index (χ2v) is 45.5. The second-order valence-electron chi connectivity index (χ2n) is 45.5. The van der Waals surface area contributed by atoms with Gasteiger partial charge in [0.25, 0.3) is 0 Å². The van der Waals surface area contributed by atoms with E-state index in [0.717, 1.165) is 86.3 Å². The molecule has 14 aromatic carbocycles. The predicted molar refractivity (Wildman–Crippen MR) is 613 cm³/mol. The van der Waals surface area contributed by atoms with Crippen LogP contribution in [-0.2, 0) is 102 Å². The van der Waals surface area contributed by atoms with Gasteiger partial charge >= 0.3 is 0 Å². The molecule has 0 bridgehead atoms. The maximum atomic E-state index is 5.44. The molecular formula is C137H153Ir3N6-3. The van der Waals surface area contributed by atoms with Gasteiger partial charge in [0.15, 0.2) is 0 Å². The molecule has 0 aliphatic heterocycles. The van der Waals surface area contributed by atoms with Crippen LogP contribution in [0, 0.1) is 59.7 Å². The van der Waals surface area contributed by atoms with Crippen molar-refractivity contribution < 1.29 is 60.3 Å². The van der Waals surface area contributed by atoms with Crippen molar-refractivity contribution >= 4 is 0 Å². The number of benzene rings is 14. The Labute approximate surface area is 917 Å². The molecule has 0 unspecified atom stereocenters. The zero-order valence-corrected chi connectivity index (χ0v) is 99.0. The summed E-state index contributed by atoms with van der Waals surface area (Å²) in [4.78, 5) is 15.7. The Morgan fingerprint density at radius 1 is 0.274 bits per heavy atom. The van der Waals surface area contributed by atoms with Crippen LogP contribution in [0.4, 0.5) is 0 Å². The molecule has 0 fully saturated rings. The summed E-state index contributed by atoms with van der Waals surface area (Å²) in [5.74, 6) is 4.31. The van der Waals surface area contributed by atoms with E-state index in [1.165, 1.54) is 207 Å². The fourth-order valence-electron chi connectivity index (χ4n) is 19.9. The predicted octanol–water partition coefficient (Wildman–Crippen LogP) is 38.2. The Morgan fingerprint density at radius 3 is 1.00 bits per heavy atom. The molecule has 17 aromatic rings. The number of hydrogen-bond acceptors (Lipinski definition) is 3. The zero-order valence-electron chi connectivity index (χ0n) is 91.8. The van der Waals surface area contributed by atoms with E-state index in [1.54, 1.807) is 0 Å². The molecule has 0 amide bonds. The molecule has 9 heteroatoms. The van der Waals surface area contributed by atoms with Gasteiger partial charge in [0.1, 0.15) is 5.82 Å². The van der Waals surface area contributed by atoms with Gasteiger partial charge in [0.2, 0.25) is 0 Å². The molecule has 0 aliphatic carbocycles. The number of unbranched alkanes of at least 4 members (excludes halogenated alkanes) is 6. The van der Waals surface area contributed by atoms with Gasteiger partial charge in [-0.3, -0.25) is 15.0 Å². The van der Waals surface area contributed by atoms with Crippen molar-refractivity contribution in [3.63, 3.8) is 0 Å². The van der Waals surface area contributed by atoms with Crippen LogP contribution in [0.1, 0.15) is 291 Å². The average Bonchev–Trinajstić information content (AvgIpc) is 1.73. The van der Waals surface area contributed by atoms with Crippen LogP contribution in [-0.4, -0.2) is 28.7 Å². The average molecular weight is 2460 g/mol. The van der Waals surface area contributed by atoms with E-state index in [4.69, 9.17) is 15.0 Å². The fourth-order valence-corrected chi connectivity index (χ4v) is 19.9. The summed E-state index contributed by atoms with van der Waals surface area (Å²) in [5.41, 5.74) is 46.1. The molecule has 0 N–H and O–H groups in total. The molecule has 761 valence electrons. The van der Waals surface area contributed by atoms with Gasteiger partial charge in [-0.05, 0) is 290 Å². The summed E-state index contributed by atoms with van der Waals surface area (Å²) in [6, 6.07) is 114. The quantitative estimate of drug-likeness (QED) is 0.0381. The minimum Gasteiger partial charge on any atom is -0.373 e. The minimum atomic E-state index is 0. The van der Waals surface area contributed by atoms with E-state index in [2.05, 4.69) is 517 Å². The van der Waals surface area contributed by atoms with Crippen molar-refractivity contribution in [3.05, 3.63) is 399 Å². The van der Waals surface area contributed by atoms with E-state index in [-0.39, 0.29) is 82.0 Å². The first-order valence-electron chi connectivity index (χ1n) is 52.6. The molecule has 0 saturated heterocycles. The molecule has 146 heavy (non-hydrogen) atoms. The van der Waals surface area contributed by atoms with Crippen molar-refractivity contribution in [2.75, 3.05) is 0 Å². The maximum Gasteiger partial charge on any atom is 0.134 e. The molecule has 3 radical (unpaired) electrons. The molecule has 0 atom stereocenters. The van der Waals surface area contributed by atoms with Crippen LogP contribution in [0.3, 0.4) is 0 Å². The largest absolute Gasteiger partial charge is 0.373 e. The minimum absolute atomic E-state index is 0. The normalized spacial score (nSPS) is 11.7. The van der Waals surface area contributed by atoms with Crippen LogP contribution in [0.2, 0.25) is 0 Å². The molecule has 17 rings (SSSR count). The van der Waals surface area contributed by atoms with Gasteiger partial charge in [-0.2, -0.15) is 0 Å². The monoisotopic (exact) mass is 2460 g/mol. The van der Waals surface area contributed by atoms with Crippen LogP contribution in [0.25, 0.3) is 146 Å². The maximum absolute atomic E-state index is 5.44. The standard InChI is InChI=1S/C57H63N2.C55H59N2.C25H31N2.3Ir/c1-12-13-14-15-17-42-31-40(4)54(41(5)32-42)59-37-53(50-29-38(2)28-39(3)30-50)58-55(59)46-19-16-18-45(33-46)49-35-47(43-20-24-51(25-21-43)56(6,7)8)34-48(36-49)44-22-26-52(27-23-44)57(9,10)11;1-10-11-12-14-18-40-31-38(2)52(39(3)32-40)57-37-51(56-53(57)43-19-15-13-16-20-43)45-22-17-21-44(33-45)48-35-46(41-23-27-49(28-24-41)54(4,5)6)34-47(36-48)42-25-29-50(30-26-42)55(7,8)9;1-16(2)19-8-10-20(11-9-19)25-26-24(15-27(25)7)23-13-21(17(3)4)12-22(14-23)18(5)6;;;/h16,18,20-37H,12-15,17H2,1-11H3;13,15-17,19-21,23-37H,10-12,14,18H2,1-9H3;8-10,12-18H,1-7H3;;;/q3*-1;;;. The zero-order chi connectivity index (χ0) is 102. The first kappa shape index (κ1) is 113. The topological polar surface area (TPSA) is 53.5 Å². The smallest absolute Gasteiger partial charge is 0.134 e. The number of aromatic nitrogens is 6. The molecule has 3 aromatic heterocycles. The fraction of sp³-hybridized carbons (Fsp3) is 0.321. The third kappa shape index (κ3) is 28.0. The van der Waals surface area contributed by atoms with E-state index < -0.39 is 0 Å². The number of aryl methyl sites for hydroxylation is 9. The van der Waals surface area contributed by atoms with Crippen LogP contribution in [0.5, 0.6) is 0 Å². The number of nitrogens with zero attached hydrogens (tertiary/aromatic N) is 6. The molecule has 3 heterocycles. The Morgan fingerprint density at radius 2 is 0.623 bits per heavy atom. The summed E-state index contributed by atoms with van der Waals surface area (Å²) in [5, 5.41) is 0. The van der Waals surface area contributed by atoms with Crippen LogP contribution in [0.15, 0.2) is 298 Å². The molecular weight excluding hydrogens is 2310 g/mol. The van der Waals surface area contributed by atoms with E-state index in [9.17, 15) is 0 Å². The SMILES string of the molecule is CC(C)c1c[c-]c(-c2nc(-c3cc(C(C)C)cc(C(C)C)c3)cn2C)cc1.CCCCCCc1cc(C)c(-n2cc(-c3[c-]ccc(-c4cc(-c5ccc(C(C)(C)C)cc5)cc(-c5ccc(C(C)(C)C)cc5)c4)c3)nc2-c2ccccc2)c(C)c1.CCCCCCc1cc(C)c(-n2cc(-c3cc(C)cc(C)c3)nc2-c2[c-]ccc(-c3cc(-c4ccc(C(C)(C)C)cc4)cc(-c4ccc(C(C)(C)C)cc4)c3)c2)c(C)c1.[Ir].[Ir].[Ir]. The summed E-state index contributed by atoms with van der Waals surface area (Å²) >= 11 is 0. The third-order valence-electron chi connectivity index (χ3n) is 28.4. The Hall–Kier alpha value is -11.3. The van der Waals surface area contributed by atoms with Gasteiger partial charge in [-0.1, -0.05) is 358 Å². The van der Waals surface area contributed by atoms with Crippen molar-refractivity contribution in [2.45, 2.75) is 284 Å². The number of rotatable bonds is 27. The first-order chi connectivity index (χ1) is 68.1. The van der Waals surface area contributed by atoms with Gasteiger partial charge in [0, 0.05) is 108 Å². The number of hydrogen-bond donors (Lipinski definition) is 0. The second kappa shape index (κ2) is 49.2. The summed E-state index contributed by atoms with van der Waals surface area (Å²) in [7, 11) is 2.06. The summed E-state index contributed by atoms with van der Waals surface area (Å²) in [6.07, 6.45) is 19.0. The van der Waals surface area contributed by atoms with Gasteiger partial charge in [0.05, 0.1) is 28.7 Å². The van der Waals surface area contributed by atoms with Crippen molar-refractivity contribution in [1.82, 2.24) is 28.7 Å².